The van der Waals surface area contributed by atoms with Crippen molar-refractivity contribution in [2.75, 3.05) is 0 Å². The van der Waals surface area contributed by atoms with Gasteiger partial charge in [0.1, 0.15) is 11.2 Å². The summed E-state index contributed by atoms with van der Waals surface area (Å²) >= 11 is 0. The number of terminal acetylenes is 1. The van der Waals surface area contributed by atoms with Crippen molar-refractivity contribution >= 4 is 21.9 Å². The molecule has 4 aliphatic carbocycles. The molecule has 33 heavy (non-hydrogen) atoms. The SMILES string of the molecule is C#C[C@]1(O)CCC2C3CC[C@H]4Cc5nc6[nH]c7ccccc7c6cc5C[C@]4(C)C3CC[C@@]21C. The van der Waals surface area contributed by atoms with Gasteiger partial charge in [-0.3, -0.25) is 0 Å². The Morgan fingerprint density at radius 1 is 1.06 bits per heavy atom. The van der Waals surface area contributed by atoms with Crippen LogP contribution in [0.1, 0.15) is 63.6 Å². The third-order valence-corrected chi connectivity index (χ3v) is 11.1. The van der Waals surface area contributed by atoms with E-state index >= 15 is 0 Å². The predicted molar refractivity (Wildman–Crippen MR) is 133 cm³/mol. The Morgan fingerprint density at radius 3 is 2.73 bits per heavy atom. The summed E-state index contributed by atoms with van der Waals surface area (Å²) in [5, 5.41) is 13.8. The number of para-hydroxylation sites is 1. The van der Waals surface area contributed by atoms with Gasteiger partial charge in [-0.05, 0) is 98.1 Å². The number of benzene rings is 1. The number of aromatic nitrogens is 2. The van der Waals surface area contributed by atoms with E-state index in [-0.39, 0.29) is 5.41 Å². The second-order valence-corrected chi connectivity index (χ2v) is 12.2. The fourth-order valence-corrected chi connectivity index (χ4v) is 9.22. The lowest BCUT2D eigenvalue weighted by Crippen LogP contribution is -2.56. The van der Waals surface area contributed by atoms with E-state index < -0.39 is 5.60 Å². The number of aliphatic hydroxyl groups is 1. The first-order valence-electron chi connectivity index (χ1n) is 13.0. The maximum absolute atomic E-state index is 11.3. The first-order valence-corrected chi connectivity index (χ1v) is 13.0. The second-order valence-electron chi connectivity index (χ2n) is 12.2. The van der Waals surface area contributed by atoms with Crippen LogP contribution in [0.5, 0.6) is 0 Å². The summed E-state index contributed by atoms with van der Waals surface area (Å²) < 4.78 is 0. The molecule has 3 nitrogen and oxygen atoms in total. The fourth-order valence-electron chi connectivity index (χ4n) is 9.22. The van der Waals surface area contributed by atoms with Crippen LogP contribution in [0.4, 0.5) is 0 Å². The highest BCUT2D eigenvalue weighted by Gasteiger charge is 2.64. The molecule has 2 heterocycles. The average molecular weight is 439 g/mol. The molecule has 1 aromatic carbocycles. The van der Waals surface area contributed by atoms with Gasteiger partial charge in [0.15, 0.2) is 0 Å². The summed E-state index contributed by atoms with van der Waals surface area (Å²) in [6.07, 6.45) is 14.8. The van der Waals surface area contributed by atoms with Gasteiger partial charge in [0, 0.05) is 27.4 Å². The van der Waals surface area contributed by atoms with Crippen molar-refractivity contribution in [2.24, 2.45) is 34.5 Å². The van der Waals surface area contributed by atoms with E-state index in [0.29, 0.717) is 23.2 Å². The van der Waals surface area contributed by atoms with Crippen molar-refractivity contribution in [3.8, 4) is 12.3 Å². The Bertz CT molecular complexity index is 1330. The maximum Gasteiger partial charge on any atom is 0.138 e. The van der Waals surface area contributed by atoms with Gasteiger partial charge in [-0.25, -0.2) is 4.98 Å². The molecule has 0 spiro atoms. The van der Waals surface area contributed by atoms with Crippen LogP contribution in [0, 0.1) is 46.8 Å². The second kappa shape index (κ2) is 6.42. The Morgan fingerprint density at radius 2 is 1.88 bits per heavy atom. The van der Waals surface area contributed by atoms with Gasteiger partial charge < -0.3 is 10.1 Å². The minimum absolute atomic E-state index is 0.115. The number of pyridine rings is 1. The molecule has 0 saturated heterocycles. The molecule has 0 amide bonds. The lowest BCUT2D eigenvalue weighted by Gasteiger charge is -2.60. The van der Waals surface area contributed by atoms with Crippen LogP contribution in [-0.4, -0.2) is 20.7 Å². The van der Waals surface area contributed by atoms with Crippen molar-refractivity contribution in [3.05, 3.63) is 41.6 Å². The largest absolute Gasteiger partial charge is 0.377 e. The number of rotatable bonds is 0. The smallest absolute Gasteiger partial charge is 0.138 e. The van der Waals surface area contributed by atoms with Crippen LogP contribution in [0.15, 0.2) is 30.3 Å². The summed E-state index contributed by atoms with van der Waals surface area (Å²) in [5.41, 5.74) is 4.29. The zero-order valence-electron chi connectivity index (χ0n) is 19.8. The van der Waals surface area contributed by atoms with Crippen LogP contribution in [0.25, 0.3) is 21.9 Å². The summed E-state index contributed by atoms with van der Waals surface area (Å²) in [5.74, 6) is 5.51. The van der Waals surface area contributed by atoms with E-state index in [2.05, 4.69) is 55.1 Å². The number of hydrogen-bond acceptors (Lipinski definition) is 2. The topological polar surface area (TPSA) is 48.9 Å². The highest BCUT2D eigenvalue weighted by molar-refractivity contribution is 6.06. The van der Waals surface area contributed by atoms with Crippen molar-refractivity contribution in [1.29, 1.82) is 0 Å². The number of hydrogen-bond donors (Lipinski definition) is 2. The molecule has 7 atom stereocenters. The molecule has 7 rings (SSSR count). The first-order chi connectivity index (χ1) is 15.9. The third-order valence-electron chi connectivity index (χ3n) is 11.1. The molecule has 0 radical (unpaired) electrons. The molecular weight excluding hydrogens is 404 g/mol. The average Bonchev–Trinajstić information content (AvgIpc) is 3.30. The highest BCUT2D eigenvalue weighted by Crippen LogP contribution is 2.67. The van der Waals surface area contributed by atoms with Gasteiger partial charge in [0.2, 0.25) is 0 Å². The quantitative estimate of drug-likeness (QED) is 0.421. The number of nitrogens with zero attached hydrogens (tertiary/aromatic N) is 1. The van der Waals surface area contributed by atoms with Gasteiger partial charge in [0.25, 0.3) is 0 Å². The fraction of sp³-hybridized carbons (Fsp3) is 0.567. The van der Waals surface area contributed by atoms with E-state index in [1.54, 1.807) is 0 Å². The van der Waals surface area contributed by atoms with Gasteiger partial charge in [-0.2, -0.15) is 0 Å². The van der Waals surface area contributed by atoms with Crippen molar-refractivity contribution in [3.63, 3.8) is 0 Å². The zero-order valence-corrected chi connectivity index (χ0v) is 19.8. The van der Waals surface area contributed by atoms with Gasteiger partial charge in [-0.1, -0.05) is 38.0 Å². The number of nitrogens with one attached hydrogen (secondary N) is 1. The predicted octanol–water partition coefficient (Wildman–Crippen LogP) is 6.04. The van der Waals surface area contributed by atoms with Crippen LogP contribution in [-0.2, 0) is 12.8 Å². The van der Waals surface area contributed by atoms with Crippen molar-refractivity contribution in [2.45, 2.75) is 70.8 Å². The maximum atomic E-state index is 11.3. The van der Waals surface area contributed by atoms with E-state index in [9.17, 15) is 5.11 Å². The normalized spacial score (nSPS) is 41.8. The summed E-state index contributed by atoms with van der Waals surface area (Å²) in [4.78, 5) is 8.71. The Balaban J connectivity index is 1.28. The van der Waals surface area contributed by atoms with Gasteiger partial charge in [0.05, 0.1) is 0 Å². The Hall–Kier alpha value is -2.31. The molecule has 0 bridgehead atoms. The van der Waals surface area contributed by atoms with Crippen LogP contribution >= 0.6 is 0 Å². The third kappa shape index (κ3) is 2.43. The molecule has 3 aromatic rings. The van der Waals surface area contributed by atoms with E-state index in [0.717, 1.165) is 43.7 Å². The van der Waals surface area contributed by atoms with E-state index in [1.807, 2.05) is 0 Å². The molecule has 4 aliphatic rings. The van der Waals surface area contributed by atoms with Crippen molar-refractivity contribution in [1.82, 2.24) is 9.97 Å². The Kier molecular flexibility index (Phi) is 3.91. The molecule has 3 saturated carbocycles. The van der Waals surface area contributed by atoms with E-state index in [4.69, 9.17) is 11.4 Å². The minimum atomic E-state index is -0.912. The van der Waals surface area contributed by atoms with Crippen LogP contribution in [0.2, 0.25) is 0 Å². The summed E-state index contributed by atoms with van der Waals surface area (Å²) in [6, 6.07) is 11.0. The lowest BCUT2D eigenvalue weighted by molar-refractivity contribution is -0.127. The summed E-state index contributed by atoms with van der Waals surface area (Å²) in [7, 11) is 0. The molecule has 2 aromatic heterocycles. The molecule has 3 fully saturated rings. The number of fused-ring (bicyclic) bond motifs is 9. The number of aromatic amines is 1. The molecule has 3 unspecified atom stereocenters. The van der Waals surface area contributed by atoms with Crippen molar-refractivity contribution < 1.29 is 5.11 Å². The van der Waals surface area contributed by atoms with Crippen LogP contribution < -0.4 is 0 Å². The van der Waals surface area contributed by atoms with E-state index in [1.165, 1.54) is 46.8 Å². The molecule has 170 valence electrons. The summed E-state index contributed by atoms with van der Waals surface area (Å²) in [6.45, 7) is 4.88. The van der Waals surface area contributed by atoms with Gasteiger partial charge in [-0.15, -0.1) is 6.42 Å². The zero-order chi connectivity index (χ0) is 22.6. The molecule has 3 heteroatoms. The molecular formula is C30H34N2O. The first kappa shape index (κ1) is 20.1. The standard InChI is InChI=1S/C30H34N2O/c1-4-30(33)14-12-24-21-10-9-19-16-26-18(17-28(19,2)23(21)11-13-29(24,30)3)15-22-20-7-5-6-8-25(20)31-27(22)32-26/h1,5-8,15,19,21,23-24,33H,9-14,16-17H2,2-3H3,(H,31,32)/t19-,21?,23?,24?,28-,29-,30-/m0/s1. The molecule has 2 N–H and O–H groups in total. The lowest BCUT2D eigenvalue weighted by atomic mass is 9.44. The highest BCUT2D eigenvalue weighted by atomic mass is 16.3. The Labute approximate surface area is 196 Å². The number of H-pyrrole nitrogens is 1. The monoisotopic (exact) mass is 438 g/mol. The van der Waals surface area contributed by atoms with Gasteiger partial charge >= 0.3 is 0 Å². The van der Waals surface area contributed by atoms with Crippen LogP contribution in [0.3, 0.4) is 0 Å². The molecule has 0 aliphatic heterocycles. The minimum Gasteiger partial charge on any atom is -0.377 e.